The highest BCUT2D eigenvalue weighted by molar-refractivity contribution is 6.52. The van der Waals surface area contributed by atoms with Crippen LogP contribution in [0.2, 0.25) is 0 Å². The number of Topliss-reactive ketones (excluding diaryl/α,β-unsaturated/α-hetero) is 3. The summed E-state index contributed by atoms with van der Waals surface area (Å²) in [6.07, 6.45) is 0. The Balaban J connectivity index is 2.64. The van der Waals surface area contributed by atoms with E-state index in [1.54, 1.807) is 25.1 Å². The molecular weight excluding hydrogens is 228 g/mol. The van der Waals surface area contributed by atoms with E-state index >= 15 is 0 Å². The number of rotatable bonds is 1. The number of benzene rings is 1. The molecule has 0 heterocycles. The molecule has 0 amide bonds. The van der Waals surface area contributed by atoms with E-state index in [0.717, 1.165) is 5.57 Å². The number of ketones is 3. The summed E-state index contributed by atoms with van der Waals surface area (Å²) in [5.41, 5.74) is 2.15. The van der Waals surface area contributed by atoms with Crippen molar-refractivity contribution >= 4 is 17.3 Å². The Hall–Kier alpha value is -2.03. The number of carbonyl (C=O) groups is 3. The molecule has 1 aromatic rings. The molecule has 1 unspecified atom stereocenters. The molecule has 3 nitrogen and oxygen atoms in total. The van der Waals surface area contributed by atoms with Crippen LogP contribution in [0, 0.1) is 5.92 Å². The summed E-state index contributed by atoms with van der Waals surface area (Å²) < 4.78 is 0. The molecule has 1 atom stereocenters. The zero-order chi connectivity index (χ0) is 13.4. The third-order valence-corrected chi connectivity index (χ3v) is 3.41. The first-order chi connectivity index (χ1) is 8.45. The molecule has 2 rings (SSSR count). The molecule has 92 valence electrons. The minimum absolute atomic E-state index is 0.227. The van der Waals surface area contributed by atoms with E-state index in [2.05, 4.69) is 0 Å². The van der Waals surface area contributed by atoms with Crippen molar-refractivity contribution in [2.45, 2.75) is 20.8 Å². The molecular formula is C15H14O3. The second-order valence-electron chi connectivity index (χ2n) is 4.72. The zero-order valence-electron chi connectivity index (χ0n) is 10.6. The molecule has 0 saturated heterocycles. The number of carbonyl (C=O) groups excluding carboxylic acids is 3. The highest BCUT2D eigenvalue weighted by atomic mass is 16.2. The minimum Gasteiger partial charge on any atom is -0.293 e. The largest absolute Gasteiger partial charge is 0.293 e. The first kappa shape index (κ1) is 12.4. The van der Waals surface area contributed by atoms with Gasteiger partial charge in [0.2, 0.25) is 11.6 Å². The molecule has 3 heteroatoms. The number of allylic oxidation sites excluding steroid dienone is 2. The average molecular weight is 242 g/mol. The monoisotopic (exact) mass is 242 g/mol. The van der Waals surface area contributed by atoms with E-state index < -0.39 is 17.5 Å². The van der Waals surface area contributed by atoms with Crippen LogP contribution in [0.1, 0.15) is 41.5 Å². The Morgan fingerprint density at radius 2 is 1.44 bits per heavy atom. The number of fused-ring (bicyclic) bond motifs is 1. The summed E-state index contributed by atoms with van der Waals surface area (Å²) in [7, 11) is 0. The van der Waals surface area contributed by atoms with Gasteiger partial charge in [0.1, 0.15) is 5.92 Å². The maximum atomic E-state index is 12.3. The van der Waals surface area contributed by atoms with Crippen molar-refractivity contribution in [1.29, 1.82) is 0 Å². The van der Waals surface area contributed by atoms with Crippen LogP contribution < -0.4 is 0 Å². The van der Waals surface area contributed by atoms with Crippen molar-refractivity contribution in [3.63, 3.8) is 0 Å². The van der Waals surface area contributed by atoms with Crippen LogP contribution in [0.4, 0.5) is 0 Å². The van der Waals surface area contributed by atoms with Crippen LogP contribution >= 0.6 is 0 Å². The summed E-state index contributed by atoms with van der Waals surface area (Å²) in [5, 5.41) is 0. The fraction of sp³-hybridized carbons (Fsp3) is 0.267. The van der Waals surface area contributed by atoms with E-state index in [1.165, 1.54) is 6.07 Å². The fourth-order valence-corrected chi connectivity index (χ4v) is 2.12. The van der Waals surface area contributed by atoms with Crippen LogP contribution in [0.5, 0.6) is 0 Å². The maximum Gasteiger partial charge on any atom is 0.230 e. The third-order valence-electron chi connectivity index (χ3n) is 3.41. The van der Waals surface area contributed by atoms with Crippen LogP contribution in [-0.2, 0) is 4.79 Å². The zero-order valence-corrected chi connectivity index (χ0v) is 10.6. The lowest BCUT2D eigenvalue weighted by Crippen LogP contribution is -2.37. The minimum atomic E-state index is -0.933. The Morgan fingerprint density at radius 1 is 0.889 bits per heavy atom. The molecule has 0 aliphatic heterocycles. The highest BCUT2D eigenvalue weighted by Gasteiger charge is 2.40. The number of hydrogen-bond acceptors (Lipinski definition) is 3. The van der Waals surface area contributed by atoms with E-state index in [0.29, 0.717) is 11.1 Å². The van der Waals surface area contributed by atoms with Gasteiger partial charge in [0.25, 0.3) is 0 Å². The van der Waals surface area contributed by atoms with Crippen molar-refractivity contribution in [1.82, 2.24) is 0 Å². The summed E-state index contributed by atoms with van der Waals surface area (Å²) in [6, 6.07) is 6.49. The molecule has 18 heavy (non-hydrogen) atoms. The van der Waals surface area contributed by atoms with Gasteiger partial charge in [-0.3, -0.25) is 14.4 Å². The Bertz CT molecular complexity index is 590. The van der Waals surface area contributed by atoms with E-state index in [4.69, 9.17) is 0 Å². The molecule has 0 bridgehead atoms. The molecule has 0 radical (unpaired) electrons. The lowest BCUT2D eigenvalue weighted by molar-refractivity contribution is -0.116. The second kappa shape index (κ2) is 4.33. The predicted molar refractivity (Wildman–Crippen MR) is 67.6 cm³/mol. The molecule has 0 saturated carbocycles. The van der Waals surface area contributed by atoms with Gasteiger partial charge < -0.3 is 0 Å². The van der Waals surface area contributed by atoms with Gasteiger partial charge in [0.15, 0.2) is 5.78 Å². The lowest BCUT2D eigenvalue weighted by atomic mass is 9.76. The van der Waals surface area contributed by atoms with Gasteiger partial charge in [-0.1, -0.05) is 35.4 Å². The quantitative estimate of drug-likeness (QED) is 0.432. The van der Waals surface area contributed by atoms with Crippen LogP contribution in [0.25, 0.3) is 0 Å². The standard InChI is InChI=1S/C15H14O3/c1-8(2)9(3)12-13(16)10-6-4-5-7-11(10)14(17)15(12)18/h4-7,12H,1-3H3. The molecule has 1 aromatic carbocycles. The third kappa shape index (κ3) is 1.72. The Morgan fingerprint density at radius 3 is 2.00 bits per heavy atom. The van der Waals surface area contributed by atoms with Crippen LogP contribution in [0.15, 0.2) is 35.4 Å². The SMILES string of the molecule is CC(C)=C(C)C1C(=O)C(=O)c2ccccc2C1=O. The van der Waals surface area contributed by atoms with Gasteiger partial charge in [-0.2, -0.15) is 0 Å². The fourth-order valence-electron chi connectivity index (χ4n) is 2.12. The first-order valence-corrected chi connectivity index (χ1v) is 5.81. The van der Waals surface area contributed by atoms with Crippen LogP contribution in [0.3, 0.4) is 0 Å². The highest BCUT2D eigenvalue weighted by Crippen LogP contribution is 2.29. The lowest BCUT2D eigenvalue weighted by Gasteiger charge is -2.22. The van der Waals surface area contributed by atoms with Gasteiger partial charge >= 0.3 is 0 Å². The molecule has 0 fully saturated rings. The molecule has 0 aromatic heterocycles. The smallest absolute Gasteiger partial charge is 0.230 e. The van der Waals surface area contributed by atoms with Crippen molar-refractivity contribution in [3.05, 3.63) is 46.5 Å². The van der Waals surface area contributed by atoms with Gasteiger partial charge in [-0.25, -0.2) is 0 Å². The van der Waals surface area contributed by atoms with Crippen LogP contribution in [-0.4, -0.2) is 17.3 Å². The number of hydrogen-bond donors (Lipinski definition) is 0. The summed E-state index contributed by atoms with van der Waals surface area (Å²) in [4.78, 5) is 36.3. The van der Waals surface area contributed by atoms with Gasteiger partial charge in [-0.15, -0.1) is 0 Å². The first-order valence-electron chi connectivity index (χ1n) is 5.81. The van der Waals surface area contributed by atoms with Gasteiger partial charge in [-0.05, 0) is 20.8 Å². The summed E-state index contributed by atoms with van der Waals surface area (Å²) in [5.74, 6) is -2.38. The van der Waals surface area contributed by atoms with Crippen molar-refractivity contribution in [3.8, 4) is 0 Å². The van der Waals surface area contributed by atoms with Crippen molar-refractivity contribution < 1.29 is 14.4 Å². The summed E-state index contributed by atoms with van der Waals surface area (Å²) >= 11 is 0. The average Bonchev–Trinajstić information content (AvgIpc) is 2.36. The Kier molecular flexibility index (Phi) is 2.99. The van der Waals surface area contributed by atoms with Crippen molar-refractivity contribution in [2.75, 3.05) is 0 Å². The molecule has 1 aliphatic rings. The maximum absolute atomic E-state index is 12.3. The van der Waals surface area contributed by atoms with Gasteiger partial charge in [0.05, 0.1) is 0 Å². The van der Waals surface area contributed by atoms with Gasteiger partial charge in [0, 0.05) is 11.1 Å². The molecule has 0 spiro atoms. The topological polar surface area (TPSA) is 51.2 Å². The van der Waals surface area contributed by atoms with E-state index in [9.17, 15) is 14.4 Å². The van der Waals surface area contributed by atoms with E-state index in [1.807, 2.05) is 13.8 Å². The molecule has 1 aliphatic carbocycles. The summed E-state index contributed by atoms with van der Waals surface area (Å²) in [6.45, 7) is 5.40. The second-order valence-corrected chi connectivity index (χ2v) is 4.72. The Labute approximate surface area is 106 Å². The van der Waals surface area contributed by atoms with Crippen molar-refractivity contribution in [2.24, 2.45) is 5.92 Å². The van der Waals surface area contributed by atoms with E-state index in [-0.39, 0.29) is 11.3 Å². The predicted octanol–water partition coefficient (Wildman–Crippen LogP) is 2.61. The normalized spacial score (nSPS) is 18.6. The molecule has 0 N–H and O–H groups in total.